The summed E-state index contributed by atoms with van der Waals surface area (Å²) in [7, 11) is 0. The number of carbonyl (C=O) groups is 3. The second-order valence-electron chi connectivity index (χ2n) is 21.6. The quantitative estimate of drug-likeness (QED) is 0.0261. The van der Waals surface area contributed by atoms with Gasteiger partial charge in [0.2, 0.25) is 0 Å². The first-order valence-electron chi connectivity index (χ1n) is 33.5. The Morgan fingerprint density at radius 2 is 0.476 bits per heavy atom. The van der Waals surface area contributed by atoms with Crippen LogP contribution in [0.4, 0.5) is 0 Å². The lowest BCUT2D eigenvalue weighted by atomic mass is 10.0. The Morgan fingerprint density at radius 3 is 0.768 bits per heavy atom. The topological polar surface area (TPSA) is 78.9 Å². The van der Waals surface area contributed by atoms with Gasteiger partial charge in [-0.1, -0.05) is 294 Å². The van der Waals surface area contributed by atoms with Crippen LogP contribution < -0.4 is 0 Å². The van der Waals surface area contributed by atoms with E-state index in [1.807, 2.05) is 0 Å². The van der Waals surface area contributed by atoms with Crippen LogP contribution in [0.25, 0.3) is 0 Å². The molecule has 0 rings (SSSR count). The summed E-state index contributed by atoms with van der Waals surface area (Å²) in [4.78, 5) is 38.4. The lowest BCUT2D eigenvalue weighted by molar-refractivity contribution is -0.167. The highest BCUT2D eigenvalue weighted by molar-refractivity contribution is 5.71. The zero-order valence-electron chi connectivity index (χ0n) is 52.9. The number of hydrogen-bond donors (Lipinski definition) is 0. The second kappa shape index (κ2) is 68.5. The first kappa shape index (κ1) is 77.0. The fraction of sp³-hybridized carbons (Fsp3) is 0.618. The molecule has 0 spiro atoms. The monoisotopic (exact) mass is 1130 g/mol. The SMILES string of the molecule is CC/C=C\C/C=C\C/C=C\C/C=C\C/C=C\C/C=C\C/C=C\C/C=C\CCCCC(=O)OCC(COC(=O)CCCCCCCCCCCCCCCCCC)OC(=O)CCCCCCC/C=C\C/C=C\C/C=C\C/C=C\C/C=C\CC. The Labute approximate surface area is 505 Å². The second-order valence-corrected chi connectivity index (χ2v) is 21.6. The lowest BCUT2D eigenvalue weighted by Crippen LogP contribution is -2.30. The Morgan fingerprint density at radius 1 is 0.256 bits per heavy atom. The predicted molar refractivity (Wildman–Crippen MR) is 357 cm³/mol. The molecule has 0 saturated heterocycles. The molecule has 0 aliphatic rings. The molecular formula is C76H122O6. The van der Waals surface area contributed by atoms with Crippen molar-refractivity contribution in [1.29, 1.82) is 0 Å². The third-order valence-electron chi connectivity index (χ3n) is 13.8. The van der Waals surface area contributed by atoms with Crippen molar-refractivity contribution in [2.75, 3.05) is 13.2 Å². The number of unbranched alkanes of at least 4 members (excludes halogenated alkanes) is 22. The van der Waals surface area contributed by atoms with E-state index in [0.29, 0.717) is 25.7 Å². The van der Waals surface area contributed by atoms with Crippen LogP contribution in [0.15, 0.2) is 158 Å². The van der Waals surface area contributed by atoms with Crippen molar-refractivity contribution in [1.82, 2.24) is 0 Å². The van der Waals surface area contributed by atoms with Crippen molar-refractivity contribution in [2.24, 2.45) is 0 Å². The third kappa shape index (κ3) is 65.8. The highest BCUT2D eigenvalue weighted by Gasteiger charge is 2.19. The fourth-order valence-corrected chi connectivity index (χ4v) is 8.84. The molecule has 0 saturated carbocycles. The van der Waals surface area contributed by atoms with E-state index in [-0.39, 0.29) is 31.1 Å². The van der Waals surface area contributed by atoms with Crippen molar-refractivity contribution in [3.63, 3.8) is 0 Å². The van der Waals surface area contributed by atoms with Gasteiger partial charge in [0.1, 0.15) is 13.2 Å². The van der Waals surface area contributed by atoms with Gasteiger partial charge in [0.15, 0.2) is 6.10 Å². The van der Waals surface area contributed by atoms with Gasteiger partial charge in [0.05, 0.1) is 0 Å². The van der Waals surface area contributed by atoms with E-state index in [1.54, 1.807) is 0 Å². The Kier molecular flexibility index (Phi) is 64.4. The normalized spacial score (nSPS) is 13.2. The molecule has 0 aliphatic heterocycles. The number of esters is 3. The molecule has 0 radical (unpaired) electrons. The lowest BCUT2D eigenvalue weighted by Gasteiger charge is -2.18. The molecule has 1 atom stereocenters. The first-order valence-corrected chi connectivity index (χ1v) is 33.5. The van der Waals surface area contributed by atoms with E-state index in [1.165, 1.54) is 83.5 Å². The summed E-state index contributed by atoms with van der Waals surface area (Å²) in [6.07, 6.45) is 99.6. The van der Waals surface area contributed by atoms with Crippen LogP contribution in [-0.2, 0) is 28.6 Å². The van der Waals surface area contributed by atoms with Crippen LogP contribution in [0.5, 0.6) is 0 Å². The molecule has 462 valence electrons. The van der Waals surface area contributed by atoms with Crippen LogP contribution in [0.1, 0.15) is 284 Å². The third-order valence-corrected chi connectivity index (χ3v) is 13.8. The molecule has 0 aromatic rings. The van der Waals surface area contributed by atoms with Crippen molar-refractivity contribution in [3.05, 3.63) is 158 Å². The zero-order chi connectivity index (χ0) is 59.2. The summed E-state index contributed by atoms with van der Waals surface area (Å²) in [5.41, 5.74) is 0. The van der Waals surface area contributed by atoms with E-state index < -0.39 is 6.10 Å². The Bertz CT molecular complexity index is 1830. The van der Waals surface area contributed by atoms with E-state index in [9.17, 15) is 14.4 Å². The minimum atomic E-state index is -0.815. The molecule has 0 aromatic carbocycles. The Balaban J connectivity index is 4.51. The van der Waals surface area contributed by atoms with Gasteiger partial charge in [0, 0.05) is 19.3 Å². The highest BCUT2D eigenvalue weighted by atomic mass is 16.6. The molecular weight excluding hydrogens is 1010 g/mol. The van der Waals surface area contributed by atoms with Crippen molar-refractivity contribution >= 4 is 17.9 Å². The summed E-state index contributed by atoms with van der Waals surface area (Å²) >= 11 is 0. The van der Waals surface area contributed by atoms with Gasteiger partial charge in [-0.2, -0.15) is 0 Å². The van der Waals surface area contributed by atoms with Gasteiger partial charge in [-0.05, 0) is 128 Å². The summed E-state index contributed by atoms with van der Waals surface area (Å²) in [6.45, 7) is 6.37. The minimum absolute atomic E-state index is 0.104. The Hall–Kier alpha value is -4.97. The molecule has 82 heavy (non-hydrogen) atoms. The molecule has 0 heterocycles. The average molecular weight is 1130 g/mol. The molecule has 0 bridgehead atoms. The smallest absolute Gasteiger partial charge is 0.306 e. The zero-order valence-corrected chi connectivity index (χ0v) is 52.9. The number of rotatable bonds is 59. The van der Waals surface area contributed by atoms with Gasteiger partial charge in [-0.3, -0.25) is 14.4 Å². The van der Waals surface area contributed by atoms with Crippen LogP contribution in [0, 0.1) is 0 Å². The average Bonchev–Trinajstić information content (AvgIpc) is 3.47. The molecule has 6 heteroatoms. The van der Waals surface area contributed by atoms with E-state index in [2.05, 4.69) is 179 Å². The van der Waals surface area contributed by atoms with Crippen LogP contribution >= 0.6 is 0 Å². The van der Waals surface area contributed by atoms with Gasteiger partial charge in [0.25, 0.3) is 0 Å². The summed E-state index contributed by atoms with van der Waals surface area (Å²) in [6, 6.07) is 0. The maximum absolute atomic E-state index is 12.9. The molecule has 6 nitrogen and oxygen atoms in total. The van der Waals surface area contributed by atoms with E-state index >= 15 is 0 Å². The summed E-state index contributed by atoms with van der Waals surface area (Å²) < 4.78 is 16.9. The number of carbonyl (C=O) groups excluding carboxylic acids is 3. The van der Waals surface area contributed by atoms with Crippen LogP contribution in [-0.4, -0.2) is 37.2 Å². The maximum Gasteiger partial charge on any atom is 0.306 e. The van der Waals surface area contributed by atoms with Crippen LogP contribution in [0.3, 0.4) is 0 Å². The van der Waals surface area contributed by atoms with E-state index in [0.717, 1.165) is 154 Å². The summed E-state index contributed by atoms with van der Waals surface area (Å²) in [5, 5.41) is 0. The molecule has 0 amide bonds. The number of hydrogen-bond acceptors (Lipinski definition) is 6. The van der Waals surface area contributed by atoms with Crippen molar-refractivity contribution in [3.8, 4) is 0 Å². The number of allylic oxidation sites excluding steroid dienone is 26. The minimum Gasteiger partial charge on any atom is -0.462 e. The molecule has 0 aromatic heterocycles. The number of ether oxygens (including phenoxy) is 3. The van der Waals surface area contributed by atoms with Crippen molar-refractivity contribution in [2.45, 2.75) is 290 Å². The fourth-order valence-electron chi connectivity index (χ4n) is 8.84. The molecule has 0 aliphatic carbocycles. The van der Waals surface area contributed by atoms with E-state index in [4.69, 9.17) is 14.2 Å². The standard InChI is InChI=1S/C76H122O6/c1-4-7-10-13-16-19-22-25-28-31-33-35-36-37-38-39-40-42-43-45-48-51-54-57-60-63-66-69-75(78)81-72-73(71-80-74(77)68-65-62-59-56-53-50-47-30-27-24-21-18-15-12-9-6-3)82-76(79)70-67-64-61-58-55-52-49-46-44-41-34-32-29-26-23-20-17-14-11-8-5-2/h7-8,10-11,16-17,19-20,25-26,28-29,33-35,37-38,40-42,45-46,48-49,54,57,73H,4-6,9,12-15,18,21-24,27,30-32,36,39,43-44,47,50-53,55-56,58-72H2,1-3H3/b10-7-,11-8-,19-16-,20-17-,28-25-,29-26-,35-33-,38-37-,41-34-,42-40-,48-45-,49-46-,57-54-. The first-order chi connectivity index (χ1) is 40.5. The van der Waals surface area contributed by atoms with Crippen LogP contribution in [0.2, 0.25) is 0 Å². The van der Waals surface area contributed by atoms with Gasteiger partial charge in [-0.15, -0.1) is 0 Å². The van der Waals surface area contributed by atoms with Gasteiger partial charge >= 0.3 is 17.9 Å². The van der Waals surface area contributed by atoms with Gasteiger partial charge in [-0.25, -0.2) is 0 Å². The molecule has 0 fully saturated rings. The van der Waals surface area contributed by atoms with Crippen molar-refractivity contribution < 1.29 is 28.6 Å². The predicted octanol–water partition coefficient (Wildman–Crippen LogP) is 23.3. The summed E-state index contributed by atoms with van der Waals surface area (Å²) in [5.74, 6) is -0.966. The van der Waals surface area contributed by atoms with Gasteiger partial charge < -0.3 is 14.2 Å². The highest BCUT2D eigenvalue weighted by Crippen LogP contribution is 2.16. The molecule has 0 N–H and O–H groups in total. The largest absolute Gasteiger partial charge is 0.462 e. The maximum atomic E-state index is 12.9. The molecule has 1 unspecified atom stereocenters.